The van der Waals surface area contributed by atoms with Crippen molar-refractivity contribution in [3.8, 4) is 11.5 Å². The minimum absolute atomic E-state index is 0.114. The summed E-state index contributed by atoms with van der Waals surface area (Å²) in [7, 11) is 3.08. The second-order valence-electron chi connectivity index (χ2n) is 7.40. The van der Waals surface area contributed by atoms with Gasteiger partial charge < -0.3 is 24.4 Å². The van der Waals surface area contributed by atoms with Gasteiger partial charge in [0.05, 0.1) is 26.9 Å². The number of nitrogens with zero attached hydrogens (tertiary/aromatic N) is 1. The quantitative estimate of drug-likeness (QED) is 0.402. The molecule has 8 heteroatoms. The number of ether oxygens (including phenoxy) is 3. The van der Waals surface area contributed by atoms with Crippen molar-refractivity contribution in [1.82, 2.24) is 10.2 Å². The smallest absolute Gasteiger partial charge is 0.325 e. The molecule has 0 aromatic heterocycles. The van der Waals surface area contributed by atoms with E-state index in [-0.39, 0.29) is 19.1 Å². The minimum atomic E-state index is -0.818. The molecule has 0 aliphatic rings. The summed E-state index contributed by atoms with van der Waals surface area (Å²) in [6.07, 6.45) is 1.58. The number of rotatable bonds is 12. The molecule has 2 amide bonds. The lowest BCUT2D eigenvalue weighted by molar-refractivity contribution is -0.145. The van der Waals surface area contributed by atoms with Crippen molar-refractivity contribution >= 4 is 17.8 Å². The third kappa shape index (κ3) is 7.31. The van der Waals surface area contributed by atoms with Crippen LogP contribution >= 0.6 is 0 Å². The second-order valence-corrected chi connectivity index (χ2v) is 7.40. The highest BCUT2D eigenvalue weighted by atomic mass is 16.5. The van der Waals surface area contributed by atoms with Crippen molar-refractivity contribution < 1.29 is 28.6 Å². The maximum absolute atomic E-state index is 13.0. The van der Waals surface area contributed by atoms with Crippen LogP contribution in [0.1, 0.15) is 45.7 Å². The number of hydrogen-bond donors (Lipinski definition) is 1. The Morgan fingerprint density at radius 1 is 1.16 bits per heavy atom. The van der Waals surface area contributed by atoms with E-state index in [0.29, 0.717) is 23.5 Å². The summed E-state index contributed by atoms with van der Waals surface area (Å²) in [5, 5.41) is 2.59. The molecule has 0 aliphatic carbocycles. The van der Waals surface area contributed by atoms with Crippen molar-refractivity contribution in [2.24, 2.45) is 5.92 Å². The number of methoxy groups -OCH3 is 2. The van der Waals surface area contributed by atoms with Crippen LogP contribution in [0, 0.1) is 5.92 Å². The summed E-state index contributed by atoms with van der Waals surface area (Å²) in [6.45, 7) is 11.0. The Bertz CT molecular complexity index is 777. The van der Waals surface area contributed by atoms with Crippen molar-refractivity contribution in [3.63, 3.8) is 0 Å². The predicted octanol–water partition coefficient (Wildman–Crippen LogP) is 2.87. The molecule has 0 spiro atoms. The minimum Gasteiger partial charge on any atom is -0.497 e. The van der Waals surface area contributed by atoms with Gasteiger partial charge in [0.15, 0.2) is 0 Å². The normalized spacial score (nSPS) is 12.5. The third-order valence-corrected chi connectivity index (χ3v) is 4.78. The van der Waals surface area contributed by atoms with Crippen LogP contribution in [0.2, 0.25) is 0 Å². The van der Waals surface area contributed by atoms with E-state index in [1.807, 2.05) is 20.8 Å². The number of amides is 2. The van der Waals surface area contributed by atoms with Gasteiger partial charge in [-0.15, -0.1) is 0 Å². The molecule has 0 saturated carbocycles. The van der Waals surface area contributed by atoms with Crippen LogP contribution in [0.4, 0.5) is 0 Å². The van der Waals surface area contributed by atoms with E-state index in [4.69, 9.17) is 14.2 Å². The van der Waals surface area contributed by atoms with Gasteiger partial charge in [0.25, 0.3) is 0 Å². The fourth-order valence-corrected chi connectivity index (χ4v) is 3.32. The molecule has 2 atom stereocenters. The second kappa shape index (κ2) is 12.6. The van der Waals surface area contributed by atoms with Gasteiger partial charge in [-0.2, -0.15) is 0 Å². The molecular formula is C23H34N2O6. The van der Waals surface area contributed by atoms with Gasteiger partial charge in [0.2, 0.25) is 11.8 Å². The lowest BCUT2D eigenvalue weighted by Crippen LogP contribution is -2.51. The average Bonchev–Trinajstić information content (AvgIpc) is 2.75. The maximum Gasteiger partial charge on any atom is 0.325 e. The number of hydrogen-bond acceptors (Lipinski definition) is 6. The molecule has 31 heavy (non-hydrogen) atoms. The maximum atomic E-state index is 13.0. The zero-order valence-corrected chi connectivity index (χ0v) is 19.3. The van der Waals surface area contributed by atoms with Gasteiger partial charge in [0.1, 0.15) is 24.1 Å². The van der Waals surface area contributed by atoms with Crippen LogP contribution in [0.3, 0.4) is 0 Å². The number of carbonyl (C=O) groups is 3. The van der Waals surface area contributed by atoms with Gasteiger partial charge in [-0.1, -0.05) is 20.4 Å². The van der Waals surface area contributed by atoms with Crippen molar-refractivity contribution in [2.75, 3.05) is 27.4 Å². The van der Waals surface area contributed by atoms with Crippen LogP contribution in [0.15, 0.2) is 30.9 Å². The molecule has 0 fully saturated rings. The molecule has 0 saturated heterocycles. The van der Waals surface area contributed by atoms with E-state index in [9.17, 15) is 14.4 Å². The standard InChI is InChI=1S/C23H34N2O6/c1-8-21(26)25(16(5)18-11-10-17(29-6)13-20(18)30-7)19(12-15(3)4)23(28)24-14-22(27)31-9-2/h8,10-11,13,15-16,19H,1,9,12,14H2,2-7H3,(H,24,28)/t16-,19-/m0/s1. The molecule has 0 bridgehead atoms. The van der Waals surface area contributed by atoms with E-state index in [2.05, 4.69) is 11.9 Å². The SMILES string of the molecule is C=CC(=O)N([C@@H](CC(C)C)C(=O)NCC(=O)OCC)[C@@H](C)c1ccc(OC)cc1OC. The number of benzene rings is 1. The molecular weight excluding hydrogens is 400 g/mol. The molecule has 0 unspecified atom stereocenters. The lowest BCUT2D eigenvalue weighted by atomic mass is 9.97. The third-order valence-electron chi connectivity index (χ3n) is 4.78. The summed E-state index contributed by atoms with van der Waals surface area (Å²) >= 11 is 0. The summed E-state index contributed by atoms with van der Waals surface area (Å²) < 4.78 is 15.6. The summed E-state index contributed by atoms with van der Waals surface area (Å²) in [6, 6.07) is 3.96. The summed E-state index contributed by atoms with van der Waals surface area (Å²) in [4.78, 5) is 39.1. The summed E-state index contributed by atoms with van der Waals surface area (Å²) in [5.41, 5.74) is 0.713. The van der Waals surface area contributed by atoms with Crippen molar-refractivity contribution in [3.05, 3.63) is 36.4 Å². The van der Waals surface area contributed by atoms with E-state index >= 15 is 0 Å². The highest BCUT2D eigenvalue weighted by molar-refractivity contribution is 5.94. The van der Waals surface area contributed by atoms with Crippen LogP contribution in [-0.4, -0.2) is 56.1 Å². The van der Waals surface area contributed by atoms with Crippen LogP contribution in [0.25, 0.3) is 0 Å². The number of carbonyl (C=O) groups excluding carboxylic acids is 3. The Hall–Kier alpha value is -3.03. The van der Waals surface area contributed by atoms with Gasteiger partial charge in [-0.3, -0.25) is 14.4 Å². The van der Waals surface area contributed by atoms with E-state index in [0.717, 1.165) is 0 Å². The Morgan fingerprint density at radius 3 is 2.35 bits per heavy atom. The van der Waals surface area contributed by atoms with Crippen molar-refractivity contribution in [1.29, 1.82) is 0 Å². The number of esters is 1. The lowest BCUT2D eigenvalue weighted by Gasteiger charge is -2.36. The topological polar surface area (TPSA) is 94.2 Å². The molecule has 1 aromatic carbocycles. The highest BCUT2D eigenvalue weighted by Crippen LogP contribution is 2.34. The molecule has 8 nitrogen and oxygen atoms in total. The Balaban J connectivity index is 3.33. The molecule has 0 heterocycles. The van der Waals surface area contributed by atoms with E-state index < -0.39 is 29.9 Å². The number of nitrogens with one attached hydrogen (secondary N) is 1. The average molecular weight is 435 g/mol. The first-order chi connectivity index (χ1) is 14.7. The Labute approximate surface area is 184 Å². The molecule has 1 rings (SSSR count). The van der Waals surface area contributed by atoms with Gasteiger partial charge in [0, 0.05) is 11.6 Å². The zero-order valence-electron chi connectivity index (χ0n) is 19.3. The monoisotopic (exact) mass is 434 g/mol. The van der Waals surface area contributed by atoms with Crippen LogP contribution < -0.4 is 14.8 Å². The van der Waals surface area contributed by atoms with Gasteiger partial charge >= 0.3 is 5.97 Å². The fraction of sp³-hybridized carbons (Fsp3) is 0.522. The first kappa shape index (κ1) is 26.0. The predicted molar refractivity (Wildman–Crippen MR) is 118 cm³/mol. The fourth-order valence-electron chi connectivity index (χ4n) is 3.32. The molecule has 1 N–H and O–H groups in total. The first-order valence-corrected chi connectivity index (χ1v) is 10.3. The van der Waals surface area contributed by atoms with Gasteiger partial charge in [-0.05, 0) is 44.4 Å². The van der Waals surface area contributed by atoms with Gasteiger partial charge in [-0.25, -0.2) is 0 Å². The highest BCUT2D eigenvalue weighted by Gasteiger charge is 2.34. The molecule has 0 aliphatic heterocycles. The van der Waals surface area contributed by atoms with Crippen LogP contribution in [-0.2, 0) is 19.1 Å². The Morgan fingerprint density at radius 2 is 1.84 bits per heavy atom. The Kier molecular flexibility index (Phi) is 10.6. The molecule has 0 radical (unpaired) electrons. The van der Waals surface area contributed by atoms with Crippen LogP contribution in [0.5, 0.6) is 11.5 Å². The summed E-state index contributed by atoms with van der Waals surface area (Å²) in [5.74, 6) is -0.114. The van der Waals surface area contributed by atoms with E-state index in [1.54, 1.807) is 32.2 Å². The zero-order chi connectivity index (χ0) is 23.6. The first-order valence-electron chi connectivity index (χ1n) is 10.3. The van der Waals surface area contributed by atoms with Crippen molar-refractivity contribution in [2.45, 2.75) is 46.2 Å². The molecule has 1 aromatic rings. The largest absolute Gasteiger partial charge is 0.497 e. The molecule has 172 valence electrons. The van der Waals surface area contributed by atoms with E-state index in [1.165, 1.54) is 18.1 Å².